The molecule has 0 fully saturated rings. The molecule has 2 rings (SSSR count). The average molecular weight is 263 g/mol. The van der Waals surface area contributed by atoms with Gasteiger partial charge < -0.3 is 9.47 Å². The van der Waals surface area contributed by atoms with E-state index in [-0.39, 0.29) is 12.6 Å². The van der Waals surface area contributed by atoms with Crippen molar-refractivity contribution in [3.63, 3.8) is 0 Å². The van der Waals surface area contributed by atoms with Gasteiger partial charge in [-0.15, -0.1) is 13.2 Å². The summed E-state index contributed by atoms with van der Waals surface area (Å²) >= 11 is 0. The maximum absolute atomic E-state index is 13.6. The molecule has 3 nitrogen and oxygen atoms in total. The molecule has 1 heterocycles. The summed E-state index contributed by atoms with van der Waals surface area (Å²) in [6.07, 6.45) is 3.64. The lowest BCUT2D eigenvalue weighted by Crippen LogP contribution is -2.24. The number of hydrogen-bond acceptors (Lipinski definition) is 3. The van der Waals surface area contributed by atoms with Gasteiger partial charge in [-0.1, -0.05) is 12.2 Å². The number of halogens is 1. The standard InChI is InChI=1S/C15H18FNO2/c1-3-5-17(6-4-2)9-12-7-14(16)8-13-10-18-11-19-15(12)13/h3-4,7-8H,1-2,5-6,9-11H2. The molecular formula is C15H18FNO2. The van der Waals surface area contributed by atoms with Crippen LogP contribution in [0.2, 0.25) is 0 Å². The van der Waals surface area contributed by atoms with Gasteiger partial charge in [-0.25, -0.2) is 4.39 Å². The lowest BCUT2D eigenvalue weighted by atomic mass is 10.1. The molecule has 0 saturated heterocycles. The van der Waals surface area contributed by atoms with Crippen LogP contribution in [0, 0.1) is 5.82 Å². The normalized spacial score (nSPS) is 13.8. The summed E-state index contributed by atoms with van der Waals surface area (Å²) in [7, 11) is 0. The maximum Gasteiger partial charge on any atom is 0.189 e. The number of fused-ring (bicyclic) bond motifs is 1. The first-order chi connectivity index (χ1) is 9.24. The predicted molar refractivity (Wildman–Crippen MR) is 72.4 cm³/mol. The van der Waals surface area contributed by atoms with E-state index in [4.69, 9.17) is 9.47 Å². The third-order valence-electron chi connectivity index (χ3n) is 2.92. The Balaban J connectivity index is 2.24. The Morgan fingerprint density at radius 1 is 1.26 bits per heavy atom. The average Bonchev–Trinajstić information content (AvgIpc) is 2.39. The molecule has 102 valence electrons. The van der Waals surface area contributed by atoms with E-state index in [0.29, 0.717) is 26.2 Å². The van der Waals surface area contributed by atoms with E-state index in [1.165, 1.54) is 12.1 Å². The third-order valence-corrected chi connectivity index (χ3v) is 2.92. The third kappa shape index (κ3) is 3.43. The first-order valence-corrected chi connectivity index (χ1v) is 6.20. The van der Waals surface area contributed by atoms with Gasteiger partial charge in [0.25, 0.3) is 0 Å². The molecule has 19 heavy (non-hydrogen) atoms. The molecule has 0 spiro atoms. The van der Waals surface area contributed by atoms with Gasteiger partial charge in [-0.2, -0.15) is 0 Å². The van der Waals surface area contributed by atoms with Crippen molar-refractivity contribution in [2.45, 2.75) is 13.2 Å². The number of rotatable bonds is 6. The summed E-state index contributed by atoms with van der Waals surface area (Å²) in [4.78, 5) is 2.11. The highest BCUT2D eigenvalue weighted by Gasteiger charge is 2.18. The highest BCUT2D eigenvalue weighted by molar-refractivity contribution is 5.42. The fourth-order valence-corrected chi connectivity index (χ4v) is 2.18. The van der Waals surface area contributed by atoms with E-state index >= 15 is 0 Å². The van der Waals surface area contributed by atoms with Crippen LogP contribution in [-0.2, 0) is 17.9 Å². The zero-order valence-corrected chi connectivity index (χ0v) is 10.9. The van der Waals surface area contributed by atoms with Crippen molar-refractivity contribution in [2.75, 3.05) is 19.9 Å². The number of benzene rings is 1. The van der Waals surface area contributed by atoms with E-state index in [2.05, 4.69) is 18.1 Å². The molecular weight excluding hydrogens is 245 g/mol. The van der Waals surface area contributed by atoms with Crippen molar-refractivity contribution in [1.29, 1.82) is 0 Å². The lowest BCUT2D eigenvalue weighted by Gasteiger charge is -2.24. The molecule has 0 unspecified atom stereocenters. The fraction of sp³-hybridized carbons (Fsp3) is 0.333. The predicted octanol–water partition coefficient (Wildman–Crippen LogP) is 2.87. The molecule has 0 aliphatic carbocycles. The topological polar surface area (TPSA) is 21.7 Å². The molecule has 0 radical (unpaired) electrons. The first kappa shape index (κ1) is 13.8. The zero-order valence-electron chi connectivity index (χ0n) is 10.9. The van der Waals surface area contributed by atoms with Gasteiger partial charge in [0.05, 0.1) is 6.61 Å². The molecule has 0 N–H and O–H groups in total. The van der Waals surface area contributed by atoms with E-state index in [0.717, 1.165) is 16.9 Å². The second-order valence-electron chi connectivity index (χ2n) is 4.44. The highest BCUT2D eigenvalue weighted by Crippen LogP contribution is 2.30. The molecule has 1 aliphatic rings. The molecule has 0 saturated carbocycles. The molecule has 0 bridgehead atoms. The van der Waals surface area contributed by atoms with Gasteiger partial charge in [0, 0.05) is 30.8 Å². The number of ether oxygens (including phenoxy) is 2. The Labute approximate surface area is 112 Å². The monoisotopic (exact) mass is 263 g/mol. The van der Waals surface area contributed by atoms with E-state index in [1.807, 2.05) is 12.2 Å². The van der Waals surface area contributed by atoms with E-state index in [9.17, 15) is 4.39 Å². The van der Waals surface area contributed by atoms with Crippen molar-refractivity contribution < 1.29 is 13.9 Å². The van der Waals surface area contributed by atoms with Gasteiger partial charge in [-0.05, 0) is 12.1 Å². The highest BCUT2D eigenvalue weighted by atomic mass is 19.1. The lowest BCUT2D eigenvalue weighted by molar-refractivity contribution is -0.0176. The minimum absolute atomic E-state index is 0.217. The minimum atomic E-state index is -0.264. The van der Waals surface area contributed by atoms with Crippen LogP contribution in [0.5, 0.6) is 5.75 Å². The van der Waals surface area contributed by atoms with Gasteiger partial charge in [0.1, 0.15) is 11.6 Å². The first-order valence-electron chi connectivity index (χ1n) is 6.20. The molecule has 1 aromatic carbocycles. The molecule has 4 heteroatoms. The van der Waals surface area contributed by atoms with Crippen LogP contribution >= 0.6 is 0 Å². The summed E-state index contributed by atoms with van der Waals surface area (Å²) in [6.45, 7) is 10.1. The van der Waals surface area contributed by atoms with Crippen molar-refractivity contribution in [3.8, 4) is 5.75 Å². The maximum atomic E-state index is 13.6. The Bertz CT molecular complexity index is 463. The van der Waals surface area contributed by atoms with Crippen LogP contribution < -0.4 is 4.74 Å². The van der Waals surface area contributed by atoms with Crippen LogP contribution in [-0.4, -0.2) is 24.8 Å². The minimum Gasteiger partial charge on any atom is -0.467 e. The largest absolute Gasteiger partial charge is 0.467 e. The molecule has 0 aromatic heterocycles. The summed E-state index contributed by atoms with van der Waals surface area (Å²) in [6, 6.07) is 2.98. The van der Waals surface area contributed by atoms with Gasteiger partial charge in [0.2, 0.25) is 0 Å². The van der Waals surface area contributed by atoms with Crippen LogP contribution in [0.1, 0.15) is 11.1 Å². The summed E-state index contributed by atoms with van der Waals surface area (Å²) in [5.41, 5.74) is 1.60. The Kier molecular flexibility index (Phi) is 4.71. The fourth-order valence-electron chi connectivity index (χ4n) is 2.18. The van der Waals surface area contributed by atoms with Crippen molar-refractivity contribution in [2.24, 2.45) is 0 Å². The summed E-state index contributed by atoms with van der Waals surface area (Å²) in [5.74, 6) is 0.478. The van der Waals surface area contributed by atoms with Gasteiger partial charge >= 0.3 is 0 Å². The zero-order chi connectivity index (χ0) is 13.7. The molecule has 1 aliphatic heterocycles. The molecule has 1 aromatic rings. The number of hydrogen-bond donors (Lipinski definition) is 0. The van der Waals surface area contributed by atoms with Crippen molar-refractivity contribution in [3.05, 3.63) is 54.4 Å². The van der Waals surface area contributed by atoms with Crippen LogP contribution in [0.15, 0.2) is 37.4 Å². The SMILES string of the molecule is C=CCN(CC=C)Cc1cc(F)cc2c1OCOC2. The van der Waals surface area contributed by atoms with Crippen LogP contribution in [0.3, 0.4) is 0 Å². The van der Waals surface area contributed by atoms with E-state index in [1.54, 1.807) is 0 Å². The van der Waals surface area contributed by atoms with Gasteiger partial charge in [-0.3, -0.25) is 4.90 Å². The second kappa shape index (κ2) is 6.50. The van der Waals surface area contributed by atoms with Crippen molar-refractivity contribution >= 4 is 0 Å². The Morgan fingerprint density at radius 2 is 2.00 bits per heavy atom. The smallest absolute Gasteiger partial charge is 0.189 e. The summed E-state index contributed by atoms with van der Waals surface area (Å²) < 4.78 is 24.3. The van der Waals surface area contributed by atoms with Crippen LogP contribution in [0.25, 0.3) is 0 Å². The van der Waals surface area contributed by atoms with Crippen molar-refractivity contribution in [1.82, 2.24) is 4.90 Å². The second-order valence-corrected chi connectivity index (χ2v) is 4.44. The summed E-state index contributed by atoms with van der Waals surface area (Å²) in [5, 5.41) is 0. The number of nitrogens with zero attached hydrogens (tertiary/aromatic N) is 1. The van der Waals surface area contributed by atoms with E-state index < -0.39 is 0 Å². The van der Waals surface area contributed by atoms with Gasteiger partial charge in [0.15, 0.2) is 6.79 Å². The Hall–Kier alpha value is -1.65. The molecule has 0 atom stereocenters. The Morgan fingerprint density at radius 3 is 2.68 bits per heavy atom. The molecule has 0 amide bonds. The quantitative estimate of drug-likeness (QED) is 0.737. The van der Waals surface area contributed by atoms with Crippen LogP contribution in [0.4, 0.5) is 4.39 Å².